The van der Waals surface area contributed by atoms with Crippen molar-refractivity contribution >= 4 is 0 Å². The zero-order valence-electron chi connectivity index (χ0n) is 15.0. The Hall–Kier alpha value is -0.200. The molecule has 5 nitrogen and oxygen atoms in total. The summed E-state index contributed by atoms with van der Waals surface area (Å²) in [5.41, 5.74) is 5.81. The Bertz CT molecular complexity index is 280. The molecule has 5 heteroatoms. The van der Waals surface area contributed by atoms with E-state index in [-0.39, 0.29) is 11.1 Å². The van der Waals surface area contributed by atoms with E-state index in [1.807, 2.05) is 0 Å². The second-order valence-electron chi connectivity index (χ2n) is 7.67. The average molecular weight is 316 g/mol. The van der Waals surface area contributed by atoms with Crippen LogP contribution in [0.15, 0.2) is 0 Å². The van der Waals surface area contributed by atoms with Crippen LogP contribution in [0.3, 0.4) is 0 Å². The second kappa shape index (κ2) is 9.83. The van der Waals surface area contributed by atoms with E-state index in [0.717, 1.165) is 32.6 Å². The van der Waals surface area contributed by atoms with Crippen LogP contribution in [0.4, 0.5) is 0 Å². The standard InChI is InChI=1S/C17H37N3O2/c1-16(2)13-15(14-17(3,4)20-16)19-8-6-10-22-12-11-21-9-5-7-18/h15,19-20H,5-14,18H2,1-4H3. The van der Waals surface area contributed by atoms with Crippen molar-refractivity contribution in [3.05, 3.63) is 0 Å². The van der Waals surface area contributed by atoms with Crippen molar-refractivity contribution in [1.29, 1.82) is 0 Å². The van der Waals surface area contributed by atoms with E-state index in [9.17, 15) is 0 Å². The molecular formula is C17H37N3O2. The van der Waals surface area contributed by atoms with Crippen LogP contribution in [0, 0.1) is 0 Å². The summed E-state index contributed by atoms with van der Waals surface area (Å²) in [6.45, 7) is 13.7. The molecule has 0 amide bonds. The van der Waals surface area contributed by atoms with Gasteiger partial charge in [0.2, 0.25) is 0 Å². The molecule has 0 bridgehead atoms. The molecule has 1 saturated heterocycles. The fourth-order valence-electron chi connectivity index (χ4n) is 3.45. The smallest absolute Gasteiger partial charge is 0.0700 e. The molecule has 0 unspecified atom stereocenters. The Morgan fingerprint density at radius 3 is 2.05 bits per heavy atom. The molecule has 0 atom stereocenters. The first-order valence-electron chi connectivity index (χ1n) is 8.73. The maximum atomic E-state index is 5.58. The molecule has 0 radical (unpaired) electrons. The number of ether oxygens (including phenoxy) is 2. The third-order valence-corrected chi connectivity index (χ3v) is 3.95. The van der Waals surface area contributed by atoms with Gasteiger partial charge in [0.25, 0.3) is 0 Å². The molecule has 4 N–H and O–H groups in total. The van der Waals surface area contributed by atoms with E-state index in [2.05, 4.69) is 38.3 Å². The number of piperidine rings is 1. The number of hydrogen-bond acceptors (Lipinski definition) is 5. The van der Waals surface area contributed by atoms with Gasteiger partial charge in [-0.05, 0) is 66.5 Å². The highest BCUT2D eigenvalue weighted by molar-refractivity contribution is 4.99. The molecule has 1 fully saturated rings. The minimum absolute atomic E-state index is 0.205. The lowest BCUT2D eigenvalue weighted by Gasteiger charge is -2.46. The maximum absolute atomic E-state index is 5.58. The highest BCUT2D eigenvalue weighted by atomic mass is 16.5. The van der Waals surface area contributed by atoms with Gasteiger partial charge in [0.05, 0.1) is 13.2 Å². The van der Waals surface area contributed by atoms with Crippen molar-refractivity contribution in [2.45, 2.75) is 70.5 Å². The predicted molar refractivity (Wildman–Crippen MR) is 92.2 cm³/mol. The third-order valence-electron chi connectivity index (χ3n) is 3.95. The Balaban J connectivity index is 2.00. The molecule has 0 aromatic heterocycles. The van der Waals surface area contributed by atoms with Crippen LogP contribution in [0.25, 0.3) is 0 Å². The van der Waals surface area contributed by atoms with E-state index in [1.165, 1.54) is 12.8 Å². The topological polar surface area (TPSA) is 68.5 Å². The van der Waals surface area contributed by atoms with Crippen molar-refractivity contribution in [3.8, 4) is 0 Å². The Labute approximate surface area is 136 Å². The molecule has 22 heavy (non-hydrogen) atoms. The maximum Gasteiger partial charge on any atom is 0.0700 e. The predicted octanol–water partition coefficient (Wildman–Crippen LogP) is 1.66. The van der Waals surface area contributed by atoms with Gasteiger partial charge in [0, 0.05) is 30.3 Å². The number of rotatable bonds is 11. The van der Waals surface area contributed by atoms with Gasteiger partial charge in [0.1, 0.15) is 0 Å². The van der Waals surface area contributed by atoms with E-state index in [0.29, 0.717) is 25.8 Å². The van der Waals surface area contributed by atoms with E-state index in [1.54, 1.807) is 0 Å². The Morgan fingerprint density at radius 1 is 0.955 bits per heavy atom. The highest BCUT2D eigenvalue weighted by Crippen LogP contribution is 2.28. The van der Waals surface area contributed by atoms with Gasteiger partial charge in [-0.25, -0.2) is 0 Å². The van der Waals surface area contributed by atoms with Crippen LogP contribution in [-0.4, -0.2) is 56.6 Å². The van der Waals surface area contributed by atoms with Crippen molar-refractivity contribution in [1.82, 2.24) is 10.6 Å². The first-order chi connectivity index (χ1) is 10.3. The van der Waals surface area contributed by atoms with Gasteiger partial charge in [0.15, 0.2) is 0 Å². The largest absolute Gasteiger partial charge is 0.379 e. The fraction of sp³-hybridized carbons (Fsp3) is 1.00. The monoisotopic (exact) mass is 315 g/mol. The molecule has 1 aliphatic heterocycles. The summed E-state index contributed by atoms with van der Waals surface area (Å²) in [7, 11) is 0. The molecule has 0 aromatic carbocycles. The van der Waals surface area contributed by atoms with Crippen LogP contribution in [0.5, 0.6) is 0 Å². The molecule has 1 heterocycles. The summed E-state index contributed by atoms with van der Waals surface area (Å²) in [6, 6.07) is 0.589. The minimum Gasteiger partial charge on any atom is -0.379 e. The van der Waals surface area contributed by atoms with Crippen LogP contribution >= 0.6 is 0 Å². The first-order valence-corrected chi connectivity index (χ1v) is 8.73. The summed E-state index contributed by atoms with van der Waals surface area (Å²) in [6.07, 6.45) is 4.32. The van der Waals surface area contributed by atoms with Crippen molar-refractivity contribution in [3.63, 3.8) is 0 Å². The van der Waals surface area contributed by atoms with E-state index >= 15 is 0 Å². The van der Waals surface area contributed by atoms with Crippen LogP contribution in [0.2, 0.25) is 0 Å². The molecule has 132 valence electrons. The van der Waals surface area contributed by atoms with Crippen LogP contribution < -0.4 is 16.4 Å². The molecule has 0 saturated carbocycles. The van der Waals surface area contributed by atoms with Crippen molar-refractivity contribution in [2.75, 3.05) is 39.5 Å². The second-order valence-corrected chi connectivity index (χ2v) is 7.67. The summed E-state index contributed by atoms with van der Waals surface area (Å²) in [4.78, 5) is 0. The fourth-order valence-corrected chi connectivity index (χ4v) is 3.45. The van der Waals surface area contributed by atoms with Gasteiger partial charge in [-0.1, -0.05) is 0 Å². The molecular weight excluding hydrogens is 278 g/mol. The first kappa shape index (κ1) is 19.8. The van der Waals surface area contributed by atoms with Gasteiger partial charge < -0.3 is 25.8 Å². The van der Waals surface area contributed by atoms with E-state index < -0.39 is 0 Å². The lowest BCUT2D eigenvalue weighted by molar-refractivity contribution is 0.0460. The van der Waals surface area contributed by atoms with Crippen LogP contribution in [-0.2, 0) is 9.47 Å². The third kappa shape index (κ3) is 9.06. The number of nitrogens with one attached hydrogen (secondary N) is 2. The van der Waals surface area contributed by atoms with E-state index in [4.69, 9.17) is 15.2 Å². The van der Waals surface area contributed by atoms with Gasteiger partial charge >= 0.3 is 0 Å². The average Bonchev–Trinajstić information content (AvgIpc) is 2.37. The lowest BCUT2D eigenvalue weighted by Crippen LogP contribution is -2.61. The van der Waals surface area contributed by atoms with Gasteiger partial charge in [-0.2, -0.15) is 0 Å². The minimum atomic E-state index is 0.205. The number of nitrogens with two attached hydrogens (primary N) is 1. The number of hydrogen-bond donors (Lipinski definition) is 3. The zero-order valence-corrected chi connectivity index (χ0v) is 15.0. The summed E-state index contributed by atoms with van der Waals surface area (Å²) in [5, 5.41) is 7.40. The van der Waals surface area contributed by atoms with Crippen molar-refractivity contribution in [2.24, 2.45) is 5.73 Å². The van der Waals surface area contributed by atoms with Crippen molar-refractivity contribution < 1.29 is 9.47 Å². The Morgan fingerprint density at radius 2 is 1.50 bits per heavy atom. The SMILES string of the molecule is CC1(C)CC(NCCCOCCOCCCN)CC(C)(C)N1. The van der Waals surface area contributed by atoms with Gasteiger partial charge in [-0.3, -0.25) is 0 Å². The normalized spacial score (nSPS) is 21.1. The lowest BCUT2D eigenvalue weighted by atomic mass is 9.79. The quantitative estimate of drug-likeness (QED) is 0.506. The molecule has 0 spiro atoms. The highest BCUT2D eigenvalue weighted by Gasteiger charge is 2.37. The molecule has 1 aliphatic rings. The van der Waals surface area contributed by atoms with Gasteiger partial charge in [-0.15, -0.1) is 0 Å². The Kier molecular flexibility index (Phi) is 8.87. The summed E-state index contributed by atoms with van der Waals surface area (Å²) >= 11 is 0. The molecule has 0 aliphatic carbocycles. The van der Waals surface area contributed by atoms with Crippen LogP contribution in [0.1, 0.15) is 53.4 Å². The summed E-state index contributed by atoms with van der Waals surface area (Å²) < 4.78 is 11.0. The summed E-state index contributed by atoms with van der Waals surface area (Å²) in [5.74, 6) is 0. The zero-order chi connectivity index (χ0) is 16.5. The molecule has 1 rings (SSSR count). The molecule has 0 aromatic rings.